The maximum Gasteiger partial charge on any atom is 0.326 e. The van der Waals surface area contributed by atoms with Crippen LogP contribution in [0, 0.1) is 0 Å². The SMILES string of the molecule is CCC(NC(=O)c1csc(Cc2ccccc2)n1)C(=O)O. The maximum absolute atomic E-state index is 12.0. The van der Waals surface area contributed by atoms with E-state index in [0.717, 1.165) is 10.6 Å². The molecule has 0 bridgehead atoms. The van der Waals surface area contributed by atoms with Crippen LogP contribution >= 0.6 is 11.3 Å². The highest BCUT2D eigenvalue weighted by molar-refractivity contribution is 7.09. The summed E-state index contributed by atoms with van der Waals surface area (Å²) in [5, 5.41) is 13.9. The number of aliphatic carboxylic acids is 1. The van der Waals surface area contributed by atoms with E-state index >= 15 is 0 Å². The Kier molecular flexibility index (Phi) is 5.05. The van der Waals surface area contributed by atoms with Crippen molar-refractivity contribution in [3.63, 3.8) is 0 Å². The quantitative estimate of drug-likeness (QED) is 0.858. The molecule has 1 aromatic heterocycles. The Morgan fingerprint density at radius 3 is 2.67 bits per heavy atom. The van der Waals surface area contributed by atoms with Crippen LogP contribution in [0.15, 0.2) is 35.7 Å². The number of carbonyl (C=O) groups is 2. The first-order valence-electron chi connectivity index (χ1n) is 6.62. The van der Waals surface area contributed by atoms with E-state index in [2.05, 4.69) is 10.3 Å². The Morgan fingerprint density at radius 1 is 1.33 bits per heavy atom. The fourth-order valence-corrected chi connectivity index (χ4v) is 2.65. The van der Waals surface area contributed by atoms with Crippen molar-refractivity contribution in [1.29, 1.82) is 0 Å². The predicted octanol–water partition coefficient (Wildman–Crippen LogP) is 2.33. The van der Waals surface area contributed by atoms with Gasteiger partial charge in [0.1, 0.15) is 11.7 Å². The number of amides is 1. The van der Waals surface area contributed by atoms with Crippen LogP contribution in [0.1, 0.15) is 34.4 Å². The number of benzene rings is 1. The summed E-state index contributed by atoms with van der Waals surface area (Å²) < 4.78 is 0. The number of carboxylic acids is 1. The van der Waals surface area contributed by atoms with Crippen LogP contribution in [0.4, 0.5) is 0 Å². The molecule has 1 amide bonds. The fourth-order valence-electron chi connectivity index (χ4n) is 1.84. The van der Waals surface area contributed by atoms with Crippen molar-refractivity contribution >= 4 is 23.2 Å². The standard InChI is InChI=1S/C15H16N2O3S/c1-2-11(15(19)20)17-14(18)12-9-21-13(16-12)8-10-6-4-3-5-7-10/h3-7,9,11H,2,8H2,1H3,(H,17,18)(H,19,20). The molecule has 2 aromatic rings. The molecule has 6 heteroatoms. The summed E-state index contributed by atoms with van der Waals surface area (Å²) in [6.45, 7) is 1.71. The highest BCUT2D eigenvalue weighted by Gasteiger charge is 2.20. The first-order chi connectivity index (χ1) is 10.1. The number of rotatable bonds is 6. The average molecular weight is 304 g/mol. The Hall–Kier alpha value is -2.21. The van der Waals surface area contributed by atoms with Crippen LogP contribution in [0.25, 0.3) is 0 Å². The van der Waals surface area contributed by atoms with Crippen LogP contribution in [0.2, 0.25) is 0 Å². The van der Waals surface area contributed by atoms with E-state index in [1.165, 1.54) is 11.3 Å². The molecule has 0 spiro atoms. The molecular weight excluding hydrogens is 288 g/mol. The molecule has 0 aliphatic rings. The number of carboxylic acid groups (broad SMARTS) is 1. The van der Waals surface area contributed by atoms with E-state index in [0.29, 0.717) is 12.8 Å². The summed E-state index contributed by atoms with van der Waals surface area (Å²) in [4.78, 5) is 27.1. The molecule has 2 N–H and O–H groups in total. The van der Waals surface area contributed by atoms with Crippen molar-refractivity contribution in [1.82, 2.24) is 10.3 Å². The summed E-state index contributed by atoms with van der Waals surface area (Å²) in [5.41, 5.74) is 1.39. The van der Waals surface area contributed by atoms with Crippen molar-refractivity contribution in [3.05, 3.63) is 52.0 Å². The van der Waals surface area contributed by atoms with Crippen molar-refractivity contribution in [2.75, 3.05) is 0 Å². The van der Waals surface area contributed by atoms with Crippen molar-refractivity contribution in [2.45, 2.75) is 25.8 Å². The van der Waals surface area contributed by atoms with Crippen molar-refractivity contribution in [3.8, 4) is 0 Å². The van der Waals surface area contributed by atoms with Crippen LogP contribution in [0.3, 0.4) is 0 Å². The Balaban J connectivity index is 2.02. The van der Waals surface area contributed by atoms with Gasteiger partial charge in [-0.25, -0.2) is 9.78 Å². The maximum atomic E-state index is 12.0. The van der Waals surface area contributed by atoms with E-state index in [1.807, 2.05) is 30.3 Å². The molecule has 0 aliphatic heterocycles. The minimum atomic E-state index is -1.04. The van der Waals surface area contributed by atoms with E-state index < -0.39 is 17.9 Å². The van der Waals surface area contributed by atoms with Gasteiger partial charge in [0, 0.05) is 11.8 Å². The van der Waals surface area contributed by atoms with Crippen LogP contribution in [-0.2, 0) is 11.2 Å². The molecule has 1 heterocycles. The molecule has 1 aromatic carbocycles. The Bertz CT molecular complexity index is 625. The first kappa shape index (κ1) is 15.2. The largest absolute Gasteiger partial charge is 0.480 e. The van der Waals surface area contributed by atoms with E-state index in [-0.39, 0.29) is 5.69 Å². The molecular formula is C15H16N2O3S. The number of carbonyl (C=O) groups excluding carboxylic acids is 1. The zero-order valence-corrected chi connectivity index (χ0v) is 12.4. The molecule has 110 valence electrons. The summed E-state index contributed by atoms with van der Waals surface area (Å²) >= 11 is 1.40. The zero-order valence-electron chi connectivity index (χ0n) is 11.6. The molecule has 0 fully saturated rings. The predicted molar refractivity (Wildman–Crippen MR) is 80.5 cm³/mol. The zero-order chi connectivity index (χ0) is 15.2. The molecule has 21 heavy (non-hydrogen) atoms. The Morgan fingerprint density at radius 2 is 2.05 bits per heavy atom. The van der Waals surface area contributed by atoms with Crippen LogP contribution in [-0.4, -0.2) is 28.0 Å². The normalized spacial score (nSPS) is 11.9. The lowest BCUT2D eigenvalue weighted by Gasteiger charge is -2.10. The van der Waals surface area contributed by atoms with Gasteiger partial charge in [0.15, 0.2) is 0 Å². The molecule has 0 saturated carbocycles. The second-order valence-electron chi connectivity index (χ2n) is 4.56. The summed E-state index contributed by atoms with van der Waals surface area (Å²) in [6, 6.07) is 8.97. The van der Waals surface area contributed by atoms with Gasteiger partial charge in [-0.15, -0.1) is 11.3 Å². The molecule has 2 rings (SSSR count). The van der Waals surface area contributed by atoms with Gasteiger partial charge in [0.25, 0.3) is 5.91 Å². The molecule has 0 radical (unpaired) electrons. The van der Waals surface area contributed by atoms with E-state index in [4.69, 9.17) is 5.11 Å². The number of aromatic nitrogens is 1. The highest BCUT2D eigenvalue weighted by atomic mass is 32.1. The number of hydrogen-bond donors (Lipinski definition) is 2. The lowest BCUT2D eigenvalue weighted by atomic mass is 10.2. The van der Waals surface area contributed by atoms with Crippen molar-refractivity contribution in [2.24, 2.45) is 0 Å². The van der Waals surface area contributed by atoms with Crippen LogP contribution < -0.4 is 5.32 Å². The third-order valence-electron chi connectivity index (χ3n) is 2.99. The fraction of sp³-hybridized carbons (Fsp3) is 0.267. The lowest BCUT2D eigenvalue weighted by Crippen LogP contribution is -2.40. The second kappa shape index (κ2) is 6.99. The third kappa shape index (κ3) is 4.13. The van der Waals surface area contributed by atoms with Gasteiger partial charge in [-0.05, 0) is 12.0 Å². The van der Waals surface area contributed by atoms with Gasteiger partial charge in [-0.1, -0.05) is 37.3 Å². The number of hydrogen-bond acceptors (Lipinski definition) is 4. The lowest BCUT2D eigenvalue weighted by molar-refractivity contribution is -0.139. The molecule has 1 unspecified atom stereocenters. The third-order valence-corrected chi connectivity index (χ3v) is 3.84. The van der Waals surface area contributed by atoms with E-state index in [9.17, 15) is 9.59 Å². The molecule has 0 aliphatic carbocycles. The second-order valence-corrected chi connectivity index (χ2v) is 5.50. The molecule has 1 atom stereocenters. The molecule has 5 nitrogen and oxygen atoms in total. The topological polar surface area (TPSA) is 79.3 Å². The van der Waals surface area contributed by atoms with Gasteiger partial charge in [-0.2, -0.15) is 0 Å². The monoisotopic (exact) mass is 304 g/mol. The number of nitrogens with zero attached hydrogens (tertiary/aromatic N) is 1. The number of thiazole rings is 1. The average Bonchev–Trinajstić information content (AvgIpc) is 2.94. The minimum absolute atomic E-state index is 0.269. The van der Waals surface area contributed by atoms with Crippen LogP contribution in [0.5, 0.6) is 0 Å². The minimum Gasteiger partial charge on any atom is -0.480 e. The van der Waals surface area contributed by atoms with Gasteiger partial charge in [-0.3, -0.25) is 4.79 Å². The summed E-state index contributed by atoms with van der Waals surface area (Å²) in [7, 11) is 0. The summed E-state index contributed by atoms with van der Waals surface area (Å²) in [5.74, 6) is -1.48. The Labute approximate surface area is 126 Å². The van der Waals surface area contributed by atoms with Gasteiger partial charge in [0.05, 0.1) is 5.01 Å². The van der Waals surface area contributed by atoms with Gasteiger partial charge >= 0.3 is 5.97 Å². The first-order valence-corrected chi connectivity index (χ1v) is 7.50. The summed E-state index contributed by atoms with van der Waals surface area (Å²) in [6.07, 6.45) is 0.997. The smallest absolute Gasteiger partial charge is 0.326 e. The molecule has 0 saturated heterocycles. The number of nitrogens with one attached hydrogen (secondary N) is 1. The highest BCUT2D eigenvalue weighted by Crippen LogP contribution is 2.15. The van der Waals surface area contributed by atoms with Gasteiger partial charge < -0.3 is 10.4 Å². The van der Waals surface area contributed by atoms with Crippen molar-refractivity contribution < 1.29 is 14.7 Å². The van der Waals surface area contributed by atoms with Gasteiger partial charge in [0.2, 0.25) is 0 Å². The van der Waals surface area contributed by atoms with E-state index in [1.54, 1.807) is 12.3 Å².